The fourth-order valence-electron chi connectivity index (χ4n) is 3.89. The van der Waals surface area contributed by atoms with Crippen molar-refractivity contribution < 1.29 is 9.59 Å². The molecule has 1 amide bonds. The summed E-state index contributed by atoms with van der Waals surface area (Å²) in [6, 6.07) is 7.72. The second-order valence-corrected chi connectivity index (χ2v) is 8.61. The van der Waals surface area contributed by atoms with Crippen molar-refractivity contribution in [1.29, 1.82) is 0 Å². The molecule has 0 aromatic heterocycles. The first-order chi connectivity index (χ1) is 13.9. The lowest BCUT2D eigenvalue weighted by molar-refractivity contribution is -0.136. The van der Waals surface area contributed by atoms with E-state index in [1.54, 1.807) is 0 Å². The highest BCUT2D eigenvalue weighted by Crippen LogP contribution is 2.25. The number of hydrogen-bond donors (Lipinski definition) is 0. The molecular weight excluding hydrogens is 364 g/mol. The van der Waals surface area contributed by atoms with Gasteiger partial charge in [0.05, 0.1) is 0 Å². The van der Waals surface area contributed by atoms with E-state index in [0.717, 1.165) is 76.9 Å². The third-order valence-corrected chi connectivity index (χ3v) is 5.62. The third kappa shape index (κ3) is 7.78. The zero-order chi connectivity index (χ0) is 21.2. The van der Waals surface area contributed by atoms with E-state index in [2.05, 4.69) is 47.8 Å². The van der Waals surface area contributed by atoms with Gasteiger partial charge >= 0.3 is 0 Å². The number of anilines is 1. The second kappa shape index (κ2) is 11.9. The Bertz CT molecular complexity index is 608. The third-order valence-electron chi connectivity index (χ3n) is 5.62. The lowest BCUT2D eigenvalue weighted by atomic mass is 9.94. The number of nitrogens with zero attached hydrogens (tertiary/aromatic N) is 4. The Hall–Kier alpha value is -1.92. The molecule has 1 aromatic rings. The maximum absolute atomic E-state index is 13.2. The maximum atomic E-state index is 13.2. The van der Waals surface area contributed by atoms with Crippen LogP contribution in [0.15, 0.2) is 24.3 Å². The number of benzene rings is 1. The van der Waals surface area contributed by atoms with Crippen LogP contribution < -0.4 is 4.90 Å². The van der Waals surface area contributed by atoms with E-state index < -0.39 is 0 Å². The number of aldehydes is 1. The van der Waals surface area contributed by atoms with Gasteiger partial charge in [-0.25, -0.2) is 0 Å². The number of hydrogen-bond acceptors (Lipinski definition) is 5. The SMILES string of the molecule is CN(C)CCCN(CCCN(C)C)C(=O)C1CCN(c2ccc(C=O)cc2)CC1. The molecule has 0 N–H and O–H groups in total. The molecular formula is C23H38N4O2. The number of rotatable bonds is 11. The minimum atomic E-state index is 0.124. The minimum absolute atomic E-state index is 0.124. The molecule has 1 heterocycles. The highest BCUT2D eigenvalue weighted by atomic mass is 16.2. The van der Waals surface area contributed by atoms with Gasteiger partial charge in [0.15, 0.2) is 0 Å². The zero-order valence-electron chi connectivity index (χ0n) is 18.6. The van der Waals surface area contributed by atoms with Crippen molar-refractivity contribution in [3.8, 4) is 0 Å². The van der Waals surface area contributed by atoms with Gasteiger partial charge in [0.1, 0.15) is 6.29 Å². The molecule has 162 valence electrons. The summed E-state index contributed by atoms with van der Waals surface area (Å²) in [5, 5.41) is 0. The average Bonchev–Trinajstić information content (AvgIpc) is 2.72. The van der Waals surface area contributed by atoms with Gasteiger partial charge in [-0.05, 0) is 91.2 Å². The van der Waals surface area contributed by atoms with E-state index in [4.69, 9.17) is 0 Å². The van der Waals surface area contributed by atoms with Gasteiger partial charge in [0.2, 0.25) is 5.91 Å². The van der Waals surface area contributed by atoms with Crippen molar-refractivity contribution in [3.63, 3.8) is 0 Å². The summed E-state index contributed by atoms with van der Waals surface area (Å²) in [4.78, 5) is 32.8. The maximum Gasteiger partial charge on any atom is 0.225 e. The van der Waals surface area contributed by atoms with Crippen LogP contribution in [0.1, 0.15) is 36.0 Å². The van der Waals surface area contributed by atoms with Gasteiger partial charge in [-0.1, -0.05) is 0 Å². The van der Waals surface area contributed by atoms with Crippen LogP contribution in [0.25, 0.3) is 0 Å². The summed E-state index contributed by atoms with van der Waals surface area (Å²) in [7, 11) is 8.32. The number of carbonyl (C=O) groups is 2. The molecule has 0 unspecified atom stereocenters. The monoisotopic (exact) mass is 402 g/mol. The molecule has 1 aromatic carbocycles. The van der Waals surface area contributed by atoms with Crippen molar-refractivity contribution in [3.05, 3.63) is 29.8 Å². The fourth-order valence-corrected chi connectivity index (χ4v) is 3.89. The van der Waals surface area contributed by atoms with Crippen LogP contribution >= 0.6 is 0 Å². The molecule has 1 saturated heterocycles. The normalized spacial score (nSPS) is 15.2. The van der Waals surface area contributed by atoms with E-state index in [9.17, 15) is 9.59 Å². The number of amides is 1. The average molecular weight is 403 g/mol. The molecule has 1 fully saturated rings. The second-order valence-electron chi connectivity index (χ2n) is 8.61. The van der Waals surface area contributed by atoms with Crippen molar-refractivity contribution in [2.45, 2.75) is 25.7 Å². The van der Waals surface area contributed by atoms with Crippen LogP contribution in [0.5, 0.6) is 0 Å². The summed E-state index contributed by atoms with van der Waals surface area (Å²) in [6.45, 7) is 5.48. The van der Waals surface area contributed by atoms with Gasteiger partial charge < -0.3 is 19.6 Å². The van der Waals surface area contributed by atoms with Crippen molar-refractivity contribution in [1.82, 2.24) is 14.7 Å². The topological polar surface area (TPSA) is 47.1 Å². The van der Waals surface area contributed by atoms with E-state index in [1.807, 2.05) is 24.3 Å². The minimum Gasteiger partial charge on any atom is -0.371 e. The molecule has 29 heavy (non-hydrogen) atoms. The van der Waals surface area contributed by atoms with Gasteiger partial charge in [0.25, 0.3) is 0 Å². The summed E-state index contributed by atoms with van der Waals surface area (Å²) < 4.78 is 0. The van der Waals surface area contributed by atoms with E-state index in [-0.39, 0.29) is 5.92 Å². The molecule has 0 saturated carbocycles. The van der Waals surface area contributed by atoms with Crippen LogP contribution in [0.4, 0.5) is 5.69 Å². The molecule has 0 spiro atoms. The standard InChI is InChI=1S/C23H38N4O2/c1-24(2)13-5-15-27(16-6-14-25(3)4)23(29)21-11-17-26(18-12-21)22-9-7-20(19-28)8-10-22/h7-10,19,21H,5-6,11-18H2,1-4H3. The lowest BCUT2D eigenvalue weighted by Crippen LogP contribution is -2.44. The van der Waals surface area contributed by atoms with Crippen LogP contribution in [-0.2, 0) is 4.79 Å². The van der Waals surface area contributed by atoms with Gasteiger partial charge in [-0.15, -0.1) is 0 Å². The predicted molar refractivity (Wildman–Crippen MR) is 120 cm³/mol. The Balaban J connectivity index is 1.89. The van der Waals surface area contributed by atoms with E-state index in [1.165, 1.54) is 0 Å². The zero-order valence-corrected chi connectivity index (χ0v) is 18.6. The highest BCUT2D eigenvalue weighted by Gasteiger charge is 2.28. The first-order valence-electron chi connectivity index (χ1n) is 10.8. The lowest BCUT2D eigenvalue weighted by Gasteiger charge is -2.35. The molecule has 2 rings (SSSR count). The van der Waals surface area contributed by atoms with Crippen molar-refractivity contribution >= 4 is 17.9 Å². The summed E-state index contributed by atoms with van der Waals surface area (Å²) >= 11 is 0. The molecule has 0 radical (unpaired) electrons. The predicted octanol–water partition coefficient (Wildman–Crippen LogP) is 2.45. The smallest absolute Gasteiger partial charge is 0.225 e. The molecule has 1 aliphatic rings. The Morgan fingerprint density at radius 3 is 1.90 bits per heavy atom. The van der Waals surface area contributed by atoms with Gasteiger partial charge in [-0.3, -0.25) is 9.59 Å². The first-order valence-corrected chi connectivity index (χ1v) is 10.8. The van der Waals surface area contributed by atoms with E-state index in [0.29, 0.717) is 11.5 Å². The number of piperidine rings is 1. The molecule has 1 aliphatic heterocycles. The van der Waals surface area contributed by atoms with Gasteiger partial charge in [0, 0.05) is 43.3 Å². The molecule has 0 atom stereocenters. The van der Waals surface area contributed by atoms with E-state index >= 15 is 0 Å². The fraction of sp³-hybridized carbons (Fsp3) is 0.652. The van der Waals surface area contributed by atoms with Crippen molar-refractivity contribution in [2.75, 3.05) is 72.4 Å². The Kier molecular flexibility index (Phi) is 9.61. The largest absolute Gasteiger partial charge is 0.371 e. The molecule has 0 aliphatic carbocycles. The van der Waals surface area contributed by atoms with Crippen LogP contribution in [0, 0.1) is 5.92 Å². The Morgan fingerprint density at radius 1 is 0.931 bits per heavy atom. The van der Waals surface area contributed by atoms with Crippen LogP contribution in [-0.4, -0.2) is 94.4 Å². The first kappa shape index (κ1) is 23.4. The quantitative estimate of drug-likeness (QED) is 0.532. The Morgan fingerprint density at radius 2 is 1.45 bits per heavy atom. The summed E-state index contributed by atoms with van der Waals surface area (Å²) in [5.41, 5.74) is 1.83. The molecule has 6 heteroatoms. The van der Waals surface area contributed by atoms with Crippen molar-refractivity contribution in [2.24, 2.45) is 5.92 Å². The number of carbonyl (C=O) groups excluding carboxylic acids is 2. The van der Waals surface area contributed by atoms with Crippen LogP contribution in [0.2, 0.25) is 0 Å². The summed E-state index contributed by atoms with van der Waals surface area (Å²) in [6.07, 6.45) is 4.69. The van der Waals surface area contributed by atoms with Crippen LogP contribution in [0.3, 0.4) is 0 Å². The van der Waals surface area contributed by atoms with Gasteiger partial charge in [-0.2, -0.15) is 0 Å². The molecule has 0 bridgehead atoms. The Labute approximate surface area is 176 Å². The summed E-state index contributed by atoms with van der Waals surface area (Å²) in [5.74, 6) is 0.456. The molecule has 6 nitrogen and oxygen atoms in total. The highest BCUT2D eigenvalue weighted by molar-refractivity contribution is 5.79.